The first-order valence-corrected chi connectivity index (χ1v) is 10.2. The smallest absolute Gasteiger partial charge is 0.338 e. The van der Waals surface area contributed by atoms with E-state index in [9.17, 15) is 19.5 Å². The highest BCUT2D eigenvalue weighted by atomic mass is 16.6. The lowest BCUT2D eigenvalue weighted by atomic mass is 9.85. The molecule has 0 unspecified atom stereocenters. The number of para-hydroxylation sites is 2. The second kappa shape index (κ2) is 10.1. The van der Waals surface area contributed by atoms with Gasteiger partial charge in [-0.2, -0.15) is 0 Å². The molecule has 8 heteroatoms. The molecule has 0 heterocycles. The van der Waals surface area contributed by atoms with Gasteiger partial charge < -0.3 is 25.2 Å². The molecular weight excluding hydrogens is 400 g/mol. The van der Waals surface area contributed by atoms with Crippen LogP contribution in [0.4, 0.5) is 11.4 Å². The van der Waals surface area contributed by atoms with Crippen LogP contribution < -0.4 is 15.4 Å². The lowest BCUT2D eigenvalue weighted by molar-refractivity contribution is -0.170. The quantitative estimate of drug-likeness (QED) is 0.586. The van der Waals surface area contributed by atoms with E-state index in [2.05, 4.69) is 10.6 Å². The van der Waals surface area contributed by atoms with Gasteiger partial charge in [0.05, 0.1) is 12.8 Å². The topological polar surface area (TPSA) is 114 Å². The highest BCUT2D eigenvalue weighted by molar-refractivity contribution is 6.05. The number of methoxy groups -OCH3 is 1. The molecule has 0 saturated heterocycles. The Labute approximate surface area is 180 Å². The van der Waals surface area contributed by atoms with Crippen molar-refractivity contribution in [2.75, 3.05) is 24.4 Å². The van der Waals surface area contributed by atoms with Crippen LogP contribution in [0.5, 0.6) is 5.75 Å². The number of carbonyl (C=O) groups is 3. The second-order valence-electron chi connectivity index (χ2n) is 7.45. The summed E-state index contributed by atoms with van der Waals surface area (Å²) in [5, 5.41) is 15.7. The Morgan fingerprint density at radius 2 is 1.65 bits per heavy atom. The Morgan fingerprint density at radius 1 is 0.968 bits per heavy atom. The number of rotatable bonds is 7. The molecule has 1 saturated carbocycles. The van der Waals surface area contributed by atoms with E-state index in [1.54, 1.807) is 48.5 Å². The standard InChI is InChI=1S/C23H26N2O6/c1-30-19-8-4-3-7-18(19)25-21(27)16-9-11-17(12-10-16)24-20(26)15-31-22(28)23(29)13-5-2-6-14-23/h3-4,7-12,29H,2,5-6,13-15H2,1H3,(H,24,26)(H,25,27). The van der Waals surface area contributed by atoms with Crippen molar-refractivity contribution in [1.82, 2.24) is 0 Å². The Hall–Kier alpha value is -3.39. The molecule has 0 aromatic heterocycles. The molecule has 2 aromatic rings. The Morgan fingerprint density at radius 3 is 2.32 bits per heavy atom. The van der Waals surface area contributed by atoms with Gasteiger partial charge in [-0.3, -0.25) is 9.59 Å². The normalized spacial score (nSPS) is 14.9. The average molecular weight is 426 g/mol. The summed E-state index contributed by atoms with van der Waals surface area (Å²) in [4.78, 5) is 36.6. The molecule has 8 nitrogen and oxygen atoms in total. The van der Waals surface area contributed by atoms with Gasteiger partial charge in [0.2, 0.25) is 0 Å². The number of anilines is 2. The number of aliphatic hydroxyl groups is 1. The van der Waals surface area contributed by atoms with Crippen molar-refractivity contribution in [3.63, 3.8) is 0 Å². The highest BCUT2D eigenvalue weighted by Crippen LogP contribution is 2.29. The van der Waals surface area contributed by atoms with E-state index in [1.165, 1.54) is 7.11 Å². The van der Waals surface area contributed by atoms with Crippen LogP contribution >= 0.6 is 0 Å². The fourth-order valence-corrected chi connectivity index (χ4v) is 3.45. The molecule has 0 aliphatic heterocycles. The van der Waals surface area contributed by atoms with Crippen LogP contribution in [0.15, 0.2) is 48.5 Å². The third-order valence-corrected chi connectivity index (χ3v) is 5.18. The summed E-state index contributed by atoms with van der Waals surface area (Å²) < 4.78 is 10.2. The van der Waals surface area contributed by atoms with Gasteiger partial charge in [0.15, 0.2) is 12.2 Å². The van der Waals surface area contributed by atoms with Crippen molar-refractivity contribution in [3.05, 3.63) is 54.1 Å². The SMILES string of the molecule is COc1ccccc1NC(=O)c1ccc(NC(=O)COC(=O)C2(O)CCCCC2)cc1. The van der Waals surface area contributed by atoms with Crippen LogP contribution in [-0.4, -0.2) is 42.2 Å². The van der Waals surface area contributed by atoms with E-state index in [1.807, 2.05) is 0 Å². The molecule has 1 aliphatic rings. The van der Waals surface area contributed by atoms with Crippen LogP contribution in [0.3, 0.4) is 0 Å². The van der Waals surface area contributed by atoms with Crippen LogP contribution in [0.25, 0.3) is 0 Å². The Kier molecular flexibility index (Phi) is 7.25. The van der Waals surface area contributed by atoms with Gasteiger partial charge in [-0.05, 0) is 62.1 Å². The zero-order valence-electron chi connectivity index (χ0n) is 17.3. The number of ether oxygens (including phenoxy) is 2. The molecule has 0 bridgehead atoms. The summed E-state index contributed by atoms with van der Waals surface area (Å²) in [6, 6.07) is 13.4. The first-order chi connectivity index (χ1) is 14.9. The fourth-order valence-electron chi connectivity index (χ4n) is 3.45. The van der Waals surface area contributed by atoms with Crippen molar-refractivity contribution in [2.24, 2.45) is 0 Å². The van der Waals surface area contributed by atoms with E-state index in [4.69, 9.17) is 9.47 Å². The summed E-state index contributed by atoms with van der Waals surface area (Å²) in [5.74, 6) is -1.06. The number of esters is 1. The fraction of sp³-hybridized carbons (Fsp3) is 0.348. The van der Waals surface area contributed by atoms with Crippen molar-refractivity contribution in [2.45, 2.75) is 37.7 Å². The van der Waals surface area contributed by atoms with E-state index < -0.39 is 24.1 Å². The maximum absolute atomic E-state index is 12.4. The zero-order valence-corrected chi connectivity index (χ0v) is 17.3. The van der Waals surface area contributed by atoms with Gasteiger partial charge in [0.1, 0.15) is 5.75 Å². The predicted octanol–water partition coefficient (Wildman–Crippen LogP) is 3.12. The van der Waals surface area contributed by atoms with E-state index in [0.717, 1.165) is 19.3 Å². The number of amides is 2. The molecule has 1 fully saturated rings. The first-order valence-electron chi connectivity index (χ1n) is 10.2. The molecule has 164 valence electrons. The largest absolute Gasteiger partial charge is 0.495 e. The molecule has 0 atom stereocenters. The number of nitrogens with one attached hydrogen (secondary N) is 2. The van der Waals surface area contributed by atoms with Crippen LogP contribution in [0.2, 0.25) is 0 Å². The predicted molar refractivity (Wildman–Crippen MR) is 115 cm³/mol. The molecule has 0 radical (unpaired) electrons. The number of carbonyl (C=O) groups excluding carboxylic acids is 3. The van der Waals surface area contributed by atoms with Gasteiger partial charge in [-0.25, -0.2) is 4.79 Å². The average Bonchev–Trinajstić information content (AvgIpc) is 2.78. The lowest BCUT2D eigenvalue weighted by Crippen LogP contribution is -2.42. The van der Waals surface area contributed by atoms with E-state index in [0.29, 0.717) is 35.5 Å². The molecule has 3 rings (SSSR count). The zero-order chi connectivity index (χ0) is 22.3. The number of hydrogen-bond acceptors (Lipinski definition) is 6. The minimum absolute atomic E-state index is 0.322. The summed E-state index contributed by atoms with van der Waals surface area (Å²) in [7, 11) is 1.52. The van der Waals surface area contributed by atoms with Crippen LogP contribution in [-0.2, 0) is 14.3 Å². The van der Waals surface area contributed by atoms with Gasteiger partial charge in [-0.1, -0.05) is 18.6 Å². The molecule has 2 aromatic carbocycles. The minimum Gasteiger partial charge on any atom is -0.495 e. The highest BCUT2D eigenvalue weighted by Gasteiger charge is 2.38. The molecule has 2 amide bonds. The van der Waals surface area contributed by atoms with E-state index >= 15 is 0 Å². The number of hydrogen-bond donors (Lipinski definition) is 3. The minimum atomic E-state index is -1.49. The molecular formula is C23H26N2O6. The summed E-state index contributed by atoms with van der Waals surface area (Å²) in [6.07, 6.45) is 3.20. The summed E-state index contributed by atoms with van der Waals surface area (Å²) >= 11 is 0. The third kappa shape index (κ3) is 5.82. The monoisotopic (exact) mass is 426 g/mol. The van der Waals surface area contributed by atoms with Crippen molar-refractivity contribution in [1.29, 1.82) is 0 Å². The number of benzene rings is 2. The van der Waals surface area contributed by atoms with Crippen LogP contribution in [0, 0.1) is 0 Å². The lowest BCUT2D eigenvalue weighted by Gasteiger charge is -2.29. The molecule has 0 spiro atoms. The van der Waals surface area contributed by atoms with Gasteiger partial charge >= 0.3 is 5.97 Å². The summed E-state index contributed by atoms with van der Waals surface area (Å²) in [6.45, 7) is -0.489. The van der Waals surface area contributed by atoms with Gasteiger partial charge in [0, 0.05) is 11.3 Å². The van der Waals surface area contributed by atoms with Crippen molar-refractivity contribution in [3.8, 4) is 5.75 Å². The van der Waals surface area contributed by atoms with E-state index in [-0.39, 0.29) is 5.91 Å². The summed E-state index contributed by atoms with van der Waals surface area (Å²) in [5.41, 5.74) is -0.0930. The van der Waals surface area contributed by atoms with Crippen molar-refractivity contribution < 1.29 is 29.0 Å². The third-order valence-electron chi connectivity index (χ3n) is 5.18. The van der Waals surface area contributed by atoms with Crippen LogP contribution in [0.1, 0.15) is 42.5 Å². The first kappa shape index (κ1) is 22.3. The Bertz CT molecular complexity index is 935. The molecule has 1 aliphatic carbocycles. The Balaban J connectivity index is 1.51. The molecule has 3 N–H and O–H groups in total. The maximum atomic E-state index is 12.4. The maximum Gasteiger partial charge on any atom is 0.338 e. The van der Waals surface area contributed by atoms with Gasteiger partial charge in [-0.15, -0.1) is 0 Å². The van der Waals surface area contributed by atoms with Crippen molar-refractivity contribution >= 4 is 29.2 Å². The second-order valence-corrected chi connectivity index (χ2v) is 7.45. The van der Waals surface area contributed by atoms with Gasteiger partial charge in [0.25, 0.3) is 11.8 Å². The molecule has 31 heavy (non-hydrogen) atoms.